The number of pyridine rings is 1. The number of hydrogen-bond acceptors (Lipinski definition) is 6. The molecule has 0 aliphatic heterocycles. The van der Waals surface area contributed by atoms with Crippen LogP contribution in [-0.4, -0.2) is 51.8 Å². The molecule has 8 heteroatoms. The van der Waals surface area contributed by atoms with Crippen LogP contribution in [0.3, 0.4) is 0 Å². The van der Waals surface area contributed by atoms with Crippen LogP contribution in [-0.2, 0) is 11.3 Å². The molecule has 1 unspecified atom stereocenters. The Morgan fingerprint density at radius 3 is 2.69 bits per heavy atom. The van der Waals surface area contributed by atoms with Gasteiger partial charge in [-0.1, -0.05) is 24.6 Å². The van der Waals surface area contributed by atoms with Crippen LogP contribution < -0.4 is 5.32 Å². The molecule has 2 N–H and O–H groups in total. The van der Waals surface area contributed by atoms with Crippen LogP contribution in [0.15, 0.2) is 47.8 Å². The van der Waals surface area contributed by atoms with Crippen molar-refractivity contribution in [2.75, 3.05) is 25.3 Å². The number of aliphatic hydroxyl groups is 1. The second kappa shape index (κ2) is 10.5. The van der Waals surface area contributed by atoms with E-state index in [-0.39, 0.29) is 18.0 Å². The van der Waals surface area contributed by atoms with Crippen LogP contribution in [0.25, 0.3) is 22.5 Å². The first-order valence-corrected chi connectivity index (χ1v) is 12.1. The molecule has 1 aromatic carbocycles. The average molecular weight is 457 g/mol. The summed E-state index contributed by atoms with van der Waals surface area (Å²) in [6.45, 7) is 1.19. The molecule has 0 amide bonds. The highest BCUT2D eigenvalue weighted by molar-refractivity contribution is 7.98. The molecule has 2 heterocycles. The molecular weight excluding hydrogens is 427 g/mol. The molecule has 2 atom stereocenters. The van der Waals surface area contributed by atoms with Gasteiger partial charge < -0.3 is 19.7 Å². The van der Waals surface area contributed by atoms with Crippen LogP contribution >= 0.6 is 11.8 Å². The van der Waals surface area contributed by atoms with Gasteiger partial charge in [0, 0.05) is 31.0 Å². The first kappa shape index (κ1) is 22.8. The lowest BCUT2D eigenvalue weighted by Crippen LogP contribution is -2.36. The van der Waals surface area contributed by atoms with Crippen molar-refractivity contribution in [2.24, 2.45) is 0 Å². The molecule has 0 spiro atoms. The summed E-state index contributed by atoms with van der Waals surface area (Å²) in [4.78, 5) is 9.38. The summed E-state index contributed by atoms with van der Waals surface area (Å²) < 4.78 is 21.1. The Morgan fingerprint density at radius 2 is 1.97 bits per heavy atom. The Balaban J connectivity index is 1.77. The number of methoxy groups -OCH3 is 1. The predicted octanol–water partition coefficient (Wildman–Crippen LogP) is 4.83. The monoisotopic (exact) mass is 456 g/mol. The summed E-state index contributed by atoms with van der Waals surface area (Å²) >= 11 is 1.56. The number of ether oxygens (including phenoxy) is 1. The van der Waals surface area contributed by atoms with Crippen LogP contribution in [0.5, 0.6) is 0 Å². The van der Waals surface area contributed by atoms with Crippen LogP contribution in [0.2, 0.25) is 0 Å². The molecular formula is C24H29FN4O2S. The molecule has 32 heavy (non-hydrogen) atoms. The van der Waals surface area contributed by atoms with Crippen LogP contribution in [0.1, 0.15) is 25.7 Å². The van der Waals surface area contributed by atoms with Crippen LogP contribution in [0, 0.1) is 5.82 Å². The van der Waals surface area contributed by atoms with Gasteiger partial charge in [0.25, 0.3) is 0 Å². The number of hydrogen-bond donors (Lipinski definition) is 2. The molecule has 1 aliphatic rings. The third-order valence-electron chi connectivity index (χ3n) is 5.85. The fourth-order valence-corrected chi connectivity index (χ4v) is 4.79. The van der Waals surface area contributed by atoms with Gasteiger partial charge in [0.05, 0.1) is 30.1 Å². The van der Waals surface area contributed by atoms with Gasteiger partial charge in [0.15, 0.2) is 5.16 Å². The maximum Gasteiger partial charge on any atom is 0.168 e. The van der Waals surface area contributed by atoms with Gasteiger partial charge in [0.2, 0.25) is 0 Å². The fourth-order valence-electron chi connectivity index (χ4n) is 4.21. The highest BCUT2D eigenvalue weighted by Crippen LogP contribution is 2.36. The standard InChI is InChI=1S/C24H29FN4O2S/c1-31-14-13-29-23(22(28-24(29)32-2)16-7-9-18(25)10-8-16)17-11-12-26-21(15-17)27-19-5-3-4-6-20(19)30/h7-12,15,19-20,30H,3-6,13-14H2,1-2H3,(H,26,27)/t19?,20-/m1/s1. The van der Waals surface area contributed by atoms with Crippen molar-refractivity contribution in [2.45, 2.75) is 49.5 Å². The SMILES string of the molecule is COCCn1c(SC)nc(-c2ccc(F)cc2)c1-c1ccnc(NC2CCCC[C@H]2O)c1. The lowest BCUT2D eigenvalue weighted by Gasteiger charge is -2.28. The van der Waals surface area contributed by atoms with E-state index in [1.807, 2.05) is 18.4 Å². The van der Waals surface area contributed by atoms with E-state index in [1.165, 1.54) is 12.1 Å². The largest absolute Gasteiger partial charge is 0.391 e. The Hall–Kier alpha value is -2.42. The number of rotatable bonds is 8. The minimum Gasteiger partial charge on any atom is -0.391 e. The minimum absolute atomic E-state index is 0.00299. The lowest BCUT2D eigenvalue weighted by molar-refractivity contribution is 0.116. The van der Waals surface area contributed by atoms with Crippen molar-refractivity contribution in [1.82, 2.24) is 14.5 Å². The van der Waals surface area contributed by atoms with Crippen molar-refractivity contribution in [3.8, 4) is 22.5 Å². The number of halogens is 1. The number of anilines is 1. The van der Waals surface area contributed by atoms with Gasteiger partial charge >= 0.3 is 0 Å². The molecule has 1 saturated carbocycles. The number of benzene rings is 1. The van der Waals surface area contributed by atoms with Gasteiger partial charge in [-0.25, -0.2) is 14.4 Å². The quantitative estimate of drug-likeness (QED) is 0.473. The molecule has 6 nitrogen and oxygen atoms in total. The first-order valence-electron chi connectivity index (χ1n) is 10.9. The number of aliphatic hydroxyl groups excluding tert-OH is 1. The van der Waals surface area contributed by atoms with E-state index in [0.29, 0.717) is 13.2 Å². The summed E-state index contributed by atoms with van der Waals surface area (Å²) in [5.74, 6) is 0.448. The summed E-state index contributed by atoms with van der Waals surface area (Å²) in [6, 6.07) is 10.4. The summed E-state index contributed by atoms with van der Waals surface area (Å²) in [5, 5.41) is 14.6. The zero-order chi connectivity index (χ0) is 22.5. The van der Waals surface area contributed by atoms with Crippen molar-refractivity contribution in [1.29, 1.82) is 0 Å². The lowest BCUT2D eigenvalue weighted by atomic mass is 9.92. The summed E-state index contributed by atoms with van der Waals surface area (Å²) in [7, 11) is 1.68. The van der Waals surface area contributed by atoms with Crippen molar-refractivity contribution < 1.29 is 14.2 Å². The highest BCUT2D eigenvalue weighted by Gasteiger charge is 2.24. The molecule has 2 aromatic heterocycles. The highest BCUT2D eigenvalue weighted by atomic mass is 32.2. The normalized spacial score (nSPS) is 18.6. The van der Waals surface area contributed by atoms with E-state index in [4.69, 9.17) is 9.72 Å². The Bertz CT molecular complexity index is 1040. The zero-order valence-electron chi connectivity index (χ0n) is 18.4. The molecule has 170 valence electrons. The third kappa shape index (κ3) is 4.98. The topological polar surface area (TPSA) is 72.2 Å². The summed E-state index contributed by atoms with van der Waals surface area (Å²) in [6.07, 6.45) is 7.30. The van der Waals surface area contributed by atoms with Gasteiger partial charge in [-0.05, 0) is 55.5 Å². The van der Waals surface area contributed by atoms with Gasteiger partial charge in [-0.3, -0.25) is 0 Å². The van der Waals surface area contributed by atoms with Gasteiger partial charge in [-0.15, -0.1) is 0 Å². The zero-order valence-corrected chi connectivity index (χ0v) is 19.2. The van der Waals surface area contributed by atoms with Gasteiger partial charge in [0.1, 0.15) is 11.6 Å². The molecule has 1 fully saturated rings. The Morgan fingerprint density at radius 1 is 1.19 bits per heavy atom. The maximum absolute atomic E-state index is 13.6. The Labute approximate surface area is 192 Å². The third-order valence-corrected chi connectivity index (χ3v) is 6.52. The number of nitrogens with one attached hydrogen (secondary N) is 1. The number of thioether (sulfide) groups is 1. The second-order valence-corrected chi connectivity index (χ2v) is 8.75. The number of imidazole rings is 1. The number of nitrogens with zero attached hydrogens (tertiary/aromatic N) is 3. The van der Waals surface area contributed by atoms with E-state index < -0.39 is 0 Å². The maximum atomic E-state index is 13.6. The van der Waals surface area contributed by atoms with Crippen molar-refractivity contribution in [3.05, 3.63) is 48.4 Å². The number of aromatic nitrogens is 3. The van der Waals surface area contributed by atoms with Crippen molar-refractivity contribution >= 4 is 17.6 Å². The minimum atomic E-state index is -0.362. The Kier molecular flexibility index (Phi) is 7.44. The average Bonchev–Trinajstić information content (AvgIpc) is 3.18. The first-order chi connectivity index (χ1) is 15.6. The van der Waals surface area contributed by atoms with E-state index in [9.17, 15) is 9.50 Å². The predicted molar refractivity (Wildman–Crippen MR) is 126 cm³/mol. The van der Waals surface area contributed by atoms with E-state index in [1.54, 1.807) is 37.2 Å². The molecule has 3 aromatic rings. The molecule has 0 radical (unpaired) electrons. The van der Waals surface area contributed by atoms with Crippen LogP contribution in [0.4, 0.5) is 10.2 Å². The van der Waals surface area contributed by atoms with E-state index in [2.05, 4.69) is 14.9 Å². The van der Waals surface area contributed by atoms with E-state index >= 15 is 0 Å². The molecule has 1 aliphatic carbocycles. The molecule has 0 saturated heterocycles. The summed E-state index contributed by atoms with van der Waals surface area (Å²) in [5.41, 5.74) is 3.53. The second-order valence-electron chi connectivity index (χ2n) is 7.98. The van der Waals surface area contributed by atoms with E-state index in [0.717, 1.165) is 59.2 Å². The smallest absolute Gasteiger partial charge is 0.168 e. The van der Waals surface area contributed by atoms with Crippen molar-refractivity contribution in [3.63, 3.8) is 0 Å². The molecule has 0 bridgehead atoms. The van der Waals surface area contributed by atoms with Gasteiger partial charge in [-0.2, -0.15) is 0 Å². The fraction of sp³-hybridized carbons (Fsp3) is 0.417. The molecule has 4 rings (SSSR count).